The molecule has 2 rings (SSSR count). The van der Waals surface area contributed by atoms with Crippen molar-refractivity contribution in [2.75, 3.05) is 29.9 Å². The van der Waals surface area contributed by atoms with E-state index in [1.165, 1.54) is 6.42 Å². The summed E-state index contributed by atoms with van der Waals surface area (Å²) in [5, 5.41) is 13.6. The summed E-state index contributed by atoms with van der Waals surface area (Å²) < 4.78 is 0. The molecule has 1 aromatic rings. The van der Waals surface area contributed by atoms with Gasteiger partial charge in [0, 0.05) is 19.6 Å². The predicted octanol–water partition coefficient (Wildman–Crippen LogP) is 2.48. The van der Waals surface area contributed by atoms with Gasteiger partial charge >= 0.3 is 0 Å². The van der Waals surface area contributed by atoms with Crippen LogP contribution in [0.4, 0.5) is 11.9 Å². The Morgan fingerprint density at radius 3 is 2.43 bits per heavy atom. The zero-order valence-corrected chi connectivity index (χ0v) is 13.5. The summed E-state index contributed by atoms with van der Waals surface area (Å²) in [7, 11) is 0. The summed E-state index contributed by atoms with van der Waals surface area (Å²) in [5.41, 5.74) is -0.746. The Bertz CT molecular complexity index is 461. The van der Waals surface area contributed by atoms with Crippen LogP contribution in [0.2, 0.25) is 5.28 Å². The third kappa shape index (κ3) is 4.41. The van der Waals surface area contributed by atoms with Crippen LogP contribution in [0, 0.1) is 0 Å². The Kier molecular flexibility index (Phi) is 5.58. The summed E-state index contributed by atoms with van der Waals surface area (Å²) in [6.07, 6.45) is 4.90. The third-order valence-corrected chi connectivity index (χ3v) is 4.30. The second kappa shape index (κ2) is 7.22. The molecule has 1 saturated heterocycles. The molecular weight excluding hydrogens is 290 g/mol. The van der Waals surface area contributed by atoms with Gasteiger partial charge < -0.3 is 15.3 Å². The molecule has 1 fully saturated rings. The smallest absolute Gasteiger partial charge is 0.231 e. The maximum absolute atomic E-state index is 10.3. The van der Waals surface area contributed by atoms with E-state index in [4.69, 9.17) is 11.6 Å². The van der Waals surface area contributed by atoms with Gasteiger partial charge in [-0.3, -0.25) is 0 Å². The zero-order chi connectivity index (χ0) is 15.3. The Hall–Kier alpha value is -1.14. The van der Waals surface area contributed by atoms with E-state index >= 15 is 0 Å². The molecule has 0 bridgehead atoms. The zero-order valence-electron chi connectivity index (χ0n) is 12.8. The van der Waals surface area contributed by atoms with Crippen molar-refractivity contribution in [1.29, 1.82) is 0 Å². The topological polar surface area (TPSA) is 74.2 Å². The molecule has 1 aliphatic heterocycles. The average Bonchev–Trinajstić information content (AvgIpc) is 2.53. The summed E-state index contributed by atoms with van der Waals surface area (Å²) in [5.74, 6) is 1.05. The van der Waals surface area contributed by atoms with Crippen LogP contribution >= 0.6 is 11.6 Å². The molecule has 118 valence electrons. The van der Waals surface area contributed by atoms with Crippen molar-refractivity contribution in [3.05, 3.63) is 5.28 Å². The fourth-order valence-electron chi connectivity index (χ4n) is 2.40. The molecule has 0 atom stereocenters. The van der Waals surface area contributed by atoms with Gasteiger partial charge in [0.05, 0.1) is 5.60 Å². The normalized spacial score (nSPS) is 16.1. The van der Waals surface area contributed by atoms with Gasteiger partial charge in [0.2, 0.25) is 17.2 Å². The average molecular weight is 314 g/mol. The second-order valence-electron chi connectivity index (χ2n) is 5.56. The van der Waals surface area contributed by atoms with Crippen LogP contribution in [-0.4, -0.2) is 45.3 Å². The van der Waals surface area contributed by atoms with E-state index in [1.807, 2.05) is 13.8 Å². The number of hydrogen-bond acceptors (Lipinski definition) is 6. The van der Waals surface area contributed by atoms with E-state index in [9.17, 15) is 5.11 Å². The molecule has 0 spiro atoms. The lowest BCUT2D eigenvalue weighted by Crippen LogP contribution is -2.36. The number of nitrogens with zero attached hydrogens (tertiary/aromatic N) is 4. The van der Waals surface area contributed by atoms with Gasteiger partial charge in [-0.2, -0.15) is 15.0 Å². The Labute approximate surface area is 131 Å². The minimum absolute atomic E-state index is 0.185. The third-order valence-electron chi connectivity index (χ3n) is 4.13. The maximum Gasteiger partial charge on any atom is 0.231 e. The molecule has 1 aliphatic rings. The highest BCUT2D eigenvalue weighted by molar-refractivity contribution is 6.28. The first-order valence-electron chi connectivity index (χ1n) is 7.69. The molecule has 1 aromatic heterocycles. The fourth-order valence-corrected chi connectivity index (χ4v) is 2.55. The summed E-state index contributed by atoms with van der Waals surface area (Å²) in [6, 6.07) is 0. The summed E-state index contributed by atoms with van der Waals surface area (Å²) in [4.78, 5) is 14.9. The Morgan fingerprint density at radius 1 is 1.14 bits per heavy atom. The number of rotatable bonds is 6. The van der Waals surface area contributed by atoms with Crippen LogP contribution in [-0.2, 0) is 0 Å². The van der Waals surface area contributed by atoms with Gasteiger partial charge in [-0.25, -0.2) is 0 Å². The van der Waals surface area contributed by atoms with Gasteiger partial charge in [-0.05, 0) is 43.7 Å². The first kappa shape index (κ1) is 16.2. The number of hydrogen-bond donors (Lipinski definition) is 2. The van der Waals surface area contributed by atoms with Gasteiger partial charge in [-0.15, -0.1) is 0 Å². The number of halogens is 1. The molecule has 21 heavy (non-hydrogen) atoms. The standard InChI is InChI=1S/C14H24ClN5O/c1-3-14(21,4-2)10-16-12-17-11(15)18-13(19-12)20-8-6-5-7-9-20/h21H,3-10H2,1-2H3,(H,16,17,18,19). The number of piperidine rings is 1. The molecule has 0 aliphatic carbocycles. The van der Waals surface area contributed by atoms with E-state index < -0.39 is 5.60 Å². The Balaban J connectivity index is 2.07. The first-order chi connectivity index (χ1) is 10.1. The van der Waals surface area contributed by atoms with E-state index in [-0.39, 0.29) is 5.28 Å². The summed E-state index contributed by atoms with van der Waals surface area (Å²) in [6.45, 7) is 6.23. The highest BCUT2D eigenvalue weighted by Gasteiger charge is 2.23. The van der Waals surface area contributed by atoms with Crippen molar-refractivity contribution in [2.24, 2.45) is 0 Å². The lowest BCUT2D eigenvalue weighted by atomic mass is 9.98. The van der Waals surface area contributed by atoms with E-state index in [0.717, 1.165) is 25.9 Å². The molecule has 2 N–H and O–H groups in total. The quantitative estimate of drug-likeness (QED) is 0.840. The van der Waals surface area contributed by atoms with Crippen LogP contribution in [0.25, 0.3) is 0 Å². The molecule has 6 nitrogen and oxygen atoms in total. The minimum Gasteiger partial charge on any atom is -0.388 e. The molecular formula is C14H24ClN5O. The molecule has 7 heteroatoms. The van der Waals surface area contributed by atoms with E-state index in [2.05, 4.69) is 25.2 Å². The second-order valence-corrected chi connectivity index (χ2v) is 5.90. The minimum atomic E-state index is -0.746. The van der Waals surface area contributed by atoms with Gasteiger partial charge in [0.25, 0.3) is 0 Å². The number of nitrogens with one attached hydrogen (secondary N) is 1. The number of aromatic nitrogens is 3. The molecule has 0 saturated carbocycles. The van der Waals surface area contributed by atoms with Crippen molar-refractivity contribution < 1.29 is 5.11 Å². The van der Waals surface area contributed by atoms with Crippen LogP contribution < -0.4 is 10.2 Å². The van der Waals surface area contributed by atoms with E-state index in [0.29, 0.717) is 31.3 Å². The van der Waals surface area contributed by atoms with Crippen LogP contribution in [0.5, 0.6) is 0 Å². The fraction of sp³-hybridized carbons (Fsp3) is 0.786. The van der Waals surface area contributed by atoms with Crippen molar-refractivity contribution in [3.8, 4) is 0 Å². The lowest BCUT2D eigenvalue weighted by Gasteiger charge is -2.27. The van der Waals surface area contributed by atoms with Crippen molar-refractivity contribution in [2.45, 2.75) is 51.6 Å². The maximum atomic E-state index is 10.3. The van der Waals surface area contributed by atoms with Crippen molar-refractivity contribution in [1.82, 2.24) is 15.0 Å². The molecule has 0 radical (unpaired) electrons. The SMILES string of the molecule is CCC(O)(CC)CNc1nc(Cl)nc(N2CCCCC2)n1. The lowest BCUT2D eigenvalue weighted by molar-refractivity contribution is 0.0455. The molecule has 0 amide bonds. The summed E-state index contributed by atoms with van der Waals surface area (Å²) >= 11 is 6.00. The highest BCUT2D eigenvalue weighted by atomic mass is 35.5. The highest BCUT2D eigenvalue weighted by Crippen LogP contribution is 2.20. The molecule has 0 aromatic carbocycles. The van der Waals surface area contributed by atoms with Gasteiger partial charge in [0.1, 0.15) is 0 Å². The van der Waals surface area contributed by atoms with Gasteiger partial charge in [-0.1, -0.05) is 13.8 Å². The predicted molar refractivity (Wildman–Crippen MR) is 84.9 cm³/mol. The van der Waals surface area contributed by atoms with Crippen molar-refractivity contribution >= 4 is 23.5 Å². The molecule has 2 heterocycles. The largest absolute Gasteiger partial charge is 0.388 e. The van der Waals surface area contributed by atoms with Crippen molar-refractivity contribution in [3.63, 3.8) is 0 Å². The Morgan fingerprint density at radius 2 is 1.81 bits per heavy atom. The van der Waals surface area contributed by atoms with Crippen LogP contribution in [0.15, 0.2) is 0 Å². The monoisotopic (exact) mass is 313 g/mol. The van der Waals surface area contributed by atoms with Gasteiger partial charge in [0.15, 0.2) is 0 Å². The number of aliphatic hydroxyl groups is 1. The van der Waals surface area contributed by atoms with Crippen LogP contribution in [0.1, 0.15) is 46.0 Å². The molecule has 0 unspecified atom stereocenters. The van der Waals surface area contributed by atoms with E-state index in [1.54, 1.807) is 0 Å². The first-order valence-corrected chi connectivity index (χ1v) is 8.07. The van der Waals surface area contributed by atoms with Crippen LogP contribution in [0.3, 0.4) is 0 Å². The number of anilines is 2.